The second-order valence-corrected chi connectivity index (χ2v) is 8.20. The summed E-state index contributed by atoms with van der Waals surface area (Å²) in [6.45, 7) is 3.55. The van der Waals surface area contributed by atoms with Crippen molar-refractivity contribution < 1.29 is 0 Å². The standard InChI is InChI=1S/C24H26N8/c1-29(17-21-13-27-23-7-5-19(11-25)15-31(21)23)9-3-4-10-30(2)18-22-14-28-24-8-6-20(12-26)16-32(22)24/h5-8,13-16H,3-4,9-10,17-18H2,1-2H3. The number of rotatable bonds is 9. The third-order valence-electron chi connectivity index (χ3n) is 5.62. The number of hydrogen-bond donors (Lipinski definition) is 0. The van der Waals surface area contributed by atoms with E-state index in [0.29, 0.717) is 11.1 Å². The molecule has 4 heterocycles. The molecule has 0 aliphatic heterocycles. The molecule has 0 N–H and O–H groups in total. The van der Waals surface area contributed by atoms with Crippen molar-refractivity contribution in [2.24, 2.45) is 0 Å². The summed E-state index contributed by atoms with van der Waals surface area (Å²) >= 11 is 0. The zero-order chi connectivity index (χ0) is 22.5. The van der Waals surface area contributed by atoms with Crippen molar-refractivity contribution in [3.63, 3.8) is 0 Å². The first kappa shape index (κ1) is 21.5. The van der Waals surface area contributed by atoms with Crippen LogP contribution in [-0.4, -0.2) is 55.8 Å². The van der Waals surface area contributed by atoms with Crippen molar-refractivity contribution in [3.8, 4) is 12.1 Å². The smallest absolute Gasteiger partial charge is 0.137 e. The molecule has 0 aliphatic rings. The highest BCUT2D eigenvalue weighted by atomic mass is 15.1. The maximum Gasteiger partial charge on any atom is 0.137 e. The van der Waals surface area contributed by atoms with Gasteiger partial charge in [-0.25, -0.2) is 9.97 Å². The minimum Gasteiger partial charge on any atom is -0.301 e. The Hall–Kier alpha value is -3.72. The molecule has 0 saturated carbocycles. The zero-order valence-corrected chi connectivity index (χ0v) is 18.4. The van der Waals surface area contributed by atoms with E-state index in [4.69, 9.17) is 10.5 Å². The second kappa shape index (κ2) is 9.61. The van der Waals surface area contributed by atoms with Crippen molar-refractivity contribution in [2.45, 2.75) is 25.9 Å². The summed E-state index contributed by atoms with van der Waals surface area (Å²) in [7, 11) is 4.23. The number of imidazole rings is 2. The Bertz CT molecular complexity index is 1200. The van der Waals surface area contributed by atoms with E-state index in [1.54, 1.807) is 12.1 Å². The first-order valence-corrected chi connectivity index (χ1v) is 10.7. The van der Waals surface area contributed by atoms with Gasteiger partial charge >= 0.3 is 0 Å². The van der Waals surface area contributed by atoms with Crippen LogP contribution in [0, 0.1) is 22.7 Å². The van der Waals surface area contributed by atoms with Gasteiger partial charge in [-0.05, 0) is 64.3 Å². The molecule has 0 amide bonds. The predicted molar refractivity (Wildman–Crippen MR) is 122 cm³/mol. The van der Waals surface area contributed by atoms with Crippen molar-refractivity contribution in [2.75, 3.05) is 27.2 Å². The Kier molecular flexibility index (Phi) is 6.46. The van der Waals surface area contributed by atoms with E-state index in [-0.39, 0.29) is 0 Å². The summed E-state index contributed by atoms with van der Waals surface area (Å²) in [5, 5.41) is 18.3. The van der Waals surface area contributed by atoms with Crippen LogP contribution in [0.2, 0.25) is 0 Å². The van der Waals surface area contributed by atoms with Gasteiger partial charge in [-0.15, -0.1) is 0 Å². The lowest BCUT2D eigenvalue weighted by atomic mass is 10.2. The lowest BCUT2D eigenvalue weighted by Crippen LogP contribution is -2.23. The van der Waals surface area contributed by atoms with Gasteiger partial charge in [-0.2, -0.15) is 10.5 Å². The fraction of sp³-hybridized carbons (Fsp3) is 0.333. The highest BCUT2D eigenvalue weighted by Gasteiger charge is 2.09. The van der Waals surface area contributed by atoms with Crippen LogP contribution in [0.3, 0.4) is 0 Å². The van der Waals surface area contributed by atoms with E-state index in [2.05, 4.69) is 46.0 Å². The molecule has 0 aliphatic carbocycles. The molecular weight excluding hydrogens is 400 g/mol. The Balaban J connectivity index is 1.25. The average Bonchev–Trinajstić information content (AvgIpc) is 3.39. The van der Waals surface area contributed by atoms with E-state index in [1.165, 1.54) is 0 Å². The summed E-state index contributed by atoms with van der Waals surface area (Å²) in [6.07, 6.45) is 9.64. The van der Waals surface area contributed by atoms with Crippen molar-refractivity contribution in [3.05, 3.63) is 71.6 Å². The van der Waals surface area contributed by atoms with Crippen LogP contribution in [-0.2, 0) is 13.1 Å². The van der Waals surface area contributed by atoms with Crippen molar-refractivity contribution >= 4 is 11.3 Å². The molecule has 0 unspecified atom stereocenters. The predicted octanol–water partition coefficient (Wildman–Crippen LogP) is 3.07. The van der Waals surface area contributed by atoms with Crippen molar-refractivity contribution in [1.29, 1.82) is 10.5 Å². The number of pyridine rings is 2. The number of aromatic nitrogens is 4. The summed E-state index contributed by atoms with van der Waals surface area (Å²) in [4.78, 5) is 13.4. The molecule has 0 atom stereocenters. The van der Waals surface area contributed by atoms with Gasteiger partial charge in [0.1, 0.15) is 23.4 Å². The lowest BCUT2D eigenvalue weighted by molar-refractivity contribution is 0.281. The molecule has 8 heteroatoms. The number of nitrogens with zero attached hydrogens (tertiary/aromatic N) is 8. The zero-order valence-electron chi connectivity index (χ0n) is 18.4. The van der Waals surface area contributed by atoms with E-state index in [0.717, 1.165) is 61.7 Å². The number of nitriles is 2. The summed E-state index contributed by atoms with van der Waals surface area (Å²) in [5.74, 6) is 0. The van der Waals surface area contributed by atoms with Gasteiger partial charge in [-0.1, -0.05) is 0 Å². The fourth-order valence-corrected chi connectivity index (χ4v) is 3.90. The summed E-state index contributed by atoms with van der Waals surface area (Å²) < 4.78 is 3.99. The van der Waals surface area contributed by atoms with E-state index in [9.17, 15) is 0 Å². The Morgan fingerprint density at radius 3 is 1.59 bits per heavy atom. The molecule has 0 radical (unpaired) electrons. The van der Waals surface area contributed by atoms with E-state index >= 15 is 0 Å². The molecule has 8 nitrogen and oxygen atoms in total. The van der Waals surface area contributed by atoms with Crippen molar-refractivity contribution in [1.82, 2.24) is 28.6 Å². The number of hydrogen-bond acceptors (Lipinski definition) is 6. The topological polar surface area (TPSA) is 88.7 Å². The van der Waals surface area contributed by atoms with E-state index in [1.807, 2.05) is 45.7 Å². The van der Waals surface area contributed by atoms with Gasteiger partial charge in [-0.3, -0.25) is 0 Å². The maximum atomic E-state index is 9.14. The molecule has 162 valence electrons. The van der Waals surface area contributed by atoms with Gasteiger partial charge in [0.05, 0.1) is 34.9 Å². The molecule has 4 aromatic rings. The first-order chi connectivity index (χ1) is 15.6. The summed E-state index contributed by atoms with van der Waals surface area (Å²) in [6, 6.07) is 11.7. The molecule has 32 heavy (non-hydrogen) atoms. The van der Waals surface area contributed by atoms with Crippen LogP contribution >= 0.6 is 0 Å². The Morgan fingerprint density at radius 1 is 0.750 bits per heavy atom. The van der Waals surface area contributed by atoms with Gasteiger partial charge in [0.2, 0.25) is 0 Å². The second-order valence-electron chi connectivity index (χ2n) is 8.20. The van der Waals surface area contributed by atoms with E-state index < -0.39 is 0 Å². The first-order valence-electron chi connectivity index (χ1n) is 10.7. The third-order valence-corrected chi connectivity index (χ3v) is 5.62. The van der Waals surface area contributed by atoms with Crippen LogP contribution in [0.25, 0.3) is 11.3 Å². The van der Waals surface area contributed by atoms with Crippen LogP contribution in [0.4, 0.5) is 0 Å². The van der Waals surface area contributed by atoms with Crippen LogP contribution in [0.5, 0.6) is 0 Å². The van der Waals surface area contributed by atoms with Gasteiger partial charge in [0.25, 0.3) is 0 Å². The monoisotopic (exact) mass is 426 g/mol. The Morgan fingerprint density at radius 2 is 1.19 bits per heavy atom. The van der Waals surface area contributed by atoms with Crippen LogP contribution in [0.15, 0.2) is 49.1 Å². The fourth-order valence-electron chi connectivity index (χ4n) is 3.90. The van der Waals surface area contributed by atoms with Crippen LogP contribution < -0.4 is 0 Å². The molecule has 0 bridgehead atoms. The molecule has 0 spiro atoms. The quantitative estimate of drug-likeness (QED) is 0.382. The largest absolute Gasteiger partial charge is 0.301 e. The Labute approximate surface area is 187 Å². The minimum absolute atomic E-state index is 0.636. The number of fused-ring (bicyclic) bond motifs is 2. The number of unbranched alkanes of at least 4 members (excludes halogenated alkanes) is 1. The normalized spacial score (nSPS) is 11.4. The molecular formula is C24H26N8. The molecule has 0 aromatic carbocycles. The molecule has 4 aromatic heterocycles. The molecule has 4 rings (SSSR count). The SMILES string of the molecule is CN(CCCCN(C)Cc1cnc2ccc(C#N)cn12)Cc1cnc2ccc(C#N)cn12. The molecule has 0 fully saturated rings. The summed E-state index contributed by atoms with van der Waals surface area (Å²) in [5.41, 5.74) is 5.17. The third kappa shape index (κ3) is 4.78. The van der Waals surface area contributed by atoms with Gasteiger partial charge in [0, 0.05) is 25.5 Å². The maximum absolute atomic E-state index is 9.14. The van der Waals surface area contributed by atoms with Gasteiger partial charge < -0.3 is 18.6 Å². The lowest BCUT2D eigenvalue weighted by Gasteiger charge is -2.19. The highest BCUT2D eigenvalue weighted by Crippen LogP contribution is 2.13. The van der Waals surface area contributed by atoms with Gasteiger partial charge in [0.15, 0.2) is 0 Å². The molecule has 0 saturated heterocycles. The highest BCUT2D eigenvalue weighted by molar-refractivity contribution is 5.45. The minimum atomic E-state index is 0.636. The average molecular weight is 427 g/mol. The van der Waals surface area contributed by atoms with Crippen LogP contribution in [0.1, 0.15) is 35.4 Å².